The fourth-order valence-electron chi connectivity index (χ4n) is 3.56. The molecule has 0 unspecified atom stereocenters. The van der Waals surface area contributed by atoms with Gasteiger partial charge in [0.15, 0.2) is 0 Å². The van der Waals surface area contributed by atoms with Gasteiger partial charge in [0.05, 0.1) is 7.11 Å². The number of nitrogens with two attached hydrogens (primary N) is 1. The first-order valence-electron chi connectivity index (χ1n) is 9.79. The van der Waals surface area contributed by atoms with Crippen LogP contribution in [0.4, 0.5) is 0 Å². The number of nitrogens with zero attached hydrogens (tertiary/aromatic N) is 1. The fraction of sp³-hybridized carbons (Fsp3) is 0.348. The van der Waals surface area contributed by atoms with Crippen LogP contribution in [0.3, 0.4) is 0 Å². The van der Waals surface area contributed by atoms with Crippen molar-refractivity contribution in [2.75, 3.05) is 20.2 Å². The number of H-pyrrole nitrogens is 1. The number of aromatic amines is 1. The maximum absolute atomic E-state index is 12.8. The van der Waals surface area contributed by atoms with Crippen LogP contribution >= 0.6 is 0 Å². The minimum atomic E-state index is 0.157. The molecule has 1 aromatic heterocycles. The number of hydrogen-bond donors (Lipinski definition) is 2. The zero-order chi connectivity index (χ0) is 19.9. The number of fused-ring (bicyclic) bond motifs is 1. The van der Waals surface area contributed by atoms with Gasteiger partial charge in [0, 0.05) is 36.1 Å². The smallest absolute Gasteiger partial charge is 0.222 e. The third kappa shape index (κ3) is 4.73. The molecule has 2 aromatic carbocycles. The summed E-state index contributed by atoms with van der Waals surface area (Å²) in [6.45, 7) is 3.91. The number of rotatable bonds is 9. The molecular weight excluding hydrogens is 350 g/mol. The summed E-state index contributed by atoms with van der Waals surface area (Å²) in [5.41, 5.74) is 10.2. The first-order chi connectivity index (χ1) is 13.6. The van der Waals surface area contributed by atoms with Crippen LogP contribution < -0.4 is 10.5 Å². The lowest BCUT2D eigenvalue weighted by molar-refractivity contribution is -0.131. The largest absolute Gasteiger partial charge is 0.497 e. The van der Waals surface area contributed by atoms with Gasteiger partial charge >= 0.3 is 0 Å². The van der Waals surface area contributed by atoms with Gasteiger partial charge < -0.3 is 20.4 Å². The van der Waals surface area contributed by atoms with Crippen molar-refractivity contribution in [3.8, 4) is 5.75 Å². The van der Waals surface area contributed by atoms with Crippen LogP contribution in [0.15, 0.2) is 48.5 Å². The normalized spacial score (nSPS) is 11.0. The average molecular weight is 380 g/mol. The lowest BCUT2D eigenvalue weighted by atomic mass is 10.1. The zero-order valence-corrected chi connectivity index (χ0v) is 16.7. The van der Waals surface area contributed by atoms with Crippen molar-refractivity contribution in [1.82, 2.24) is 9.88 Å². The quantitative estimate of drug-likeness (QED) is 0.594. The number of nitrogens with one attached hydrogen (secondary N) is 1. The molecule has 3 rings (SSSR count). The Labute approximate surface area is 166 Å². The van der Waals surface area contributed by atoms with E-state index in [1.165, 1.54) is 5.56 Å². The number of carbonyl (C=O) groups excluding carboxylic acids is 1. The summed E-state index contributed by atoms with van der Waals surface area (Å²) in [4.78, 5) is 18.1. The second-order valence-corrected chi connectivity index (χ2v) is 7.08. The highest BCUT2D eigenvalue weighted by Crippen LogP contribution is 2.27. The Morgan fingerprint density at radius 3 is 2.68 bits per heavy atom. The number of ether oxygens (including phenoxy) is 1. The molecule has 3 aromatic rings. The Bertz CT molecular complexity index is 918. The Hall–Kier alpha value is -2.79. The molecule has 148 valence electrons. The summed E-state index contributed by atoms with van der Waals surface area (Å²) >= 11 is 0. The second kappa shape index (κ2) is 9.42. The van der Waals surface area contributed by atoms with Crippen molar-refractivity contribution in [3.63, 3.8) is 0 Å². The molecule has 1 heterocycles. The van der Waals surface area contributed by atoms with Crippen molar-refractivity contribution in [3.05, 3.63) is 65.4 Å². The average Bonchev–Trinajstić information content (AvgIpc) is 3.04. The number of aromatic nitrogens is 1. The Kier molecular flexibility index (Phi) is 6.71. The molecule has 0 spiro atoms. The fourth-order valence-corrected chi connectivity index (χ4v) is 3.56. The second-order valence-electron chi connectivity index (χ2n) is 7.08. The van der Waals surface area contributed by atoms with Gasteiger partial charge in [-0.3, -0.25) is 4.79 Å². The minimum Gasteiger partial charge on any atom is -0.497 e. The third-order valence-electron chi connectivity index (χ3n) is 5.12. The summed E-state index contributed by atoms with van der Waals surface area (Å²) in [5, 5.41) is 1.16. The van der Waals surface area contributed by atoms with Crippen molar-refractivity contribution in [2.24, 2.45) is 5.73 Å². The van der Waals surface area contributed by atoms with Gasteiger partial charge in [-0.1, -0.05) is 30.3 Å². The number of carbonyl (C=O) groups is 1. The topological polar surface area (TPSA) is 71.3 Å². The van der Waals surface area contributed by atoms with E-state index in [0.717, 1.165) is 34.3 Å². The van der Waals surface area contributed by atoms with Gasteiger partial charge in [-0.25, -0.2) is 0 Å². The van der Waals surface area contributed by atoms with E-state index in [2.05, 4.69) is 30.1 Å². The lowest BCUT2D eigenvalue weighted by Gasteiger charge is -2.23. The van der Waals surface area contributed by atoms with Gasteiger partial charge in [-0.05, 0) is 55.6 Å². The molecule has 0 aliphatic rings. The highest BCUT2D eigenvalue weighted by molar-refractivity contribution is 5.86. The van der Waals surface area contributed by atoms with Crippen LogP contribution in [0.2, 0.25) is 0 Å². The number of amides is 1. The van der Waals surface area contributed by atoms with Gasteiger partial charge in [0.2, 0.25) is 5.91 Å². The molecule has 0 fully saturated rings. The van der Waals surface area contributed by atoms with E-state index < -0.39 is 0 Å². The summed E-state index contributed by atoms with van der Waals surface area (Å²) in [6.07, 6.45) is 2.00. The summed E-state index contributed by atoms with van der Waals surface area (Å²) in [5.74, 6) is 0.997. The predicted octanol–water partition coefficient (Wildman–Crippen LogP) is 3.80. The van der Waals surface area contributed by atoms with E-state index in [1.807, 2.05) is 35.2 Å². The molecular formula is C23H29N3O2. The molecule has 0 aliphatic heterocycles. The monoisotopic (exact) mass is 379 g/mol. The highest BCUT2D eigenvalue weighted by atomic mass is 16.5. The van der Waals surface area contributed by atoms with E-state index in [0.29, 0.717) is 32.5 Å². The van der Waals surface area contributed by atoms with Crippen molar-refractivity contribution in [2.45, 2.75) is 32.7 Å². The molecule has 0 atom stereocenters. The lowest BCUT2D eigenvalue weighted by Crippen LogP contribution is -2.32. The van der Waals surface area contributed by atoms with Gasteiger partial charge in [-0.15, -0.1) is 0 Å². The van der Waals surface area contributed by atoms with Gasteiger partial charge in [-0.2, -0.15) is 0 Å². The highest BCUT2D eigenvalue weighted by Gasteiger charge is 2.16. The minimum absolute atomic E-state index is 0.157. The van der Waals surface area contributed by atoms with E-state index in [4.69, 9.17) is 10.5 Å². The molecule has 1 amide bonds. The van der Waals surface area contributed by atoms with Crippen molar-refractivity contribution in [1.29, 1.82) is 0 Å². The molecule has 0 aliphatic carbocycles. The summed E-state index contributed by atoms with van der Waals surface area (Å²) < 4.78 is 5.38. The zero-order valence-electron chi connectivity index (χ0n) is 16.7. The molecule has 0 saturated heterocycles. The van der Waals surface area contributed by atoms with E-state index in [-0.39, 0.29) is 5.91 Å². The first kappa shape index (κ1) is 20.0. The number of hydrogen-bond acceptors (Lipinski definition) is 3. The van der Waals surface area contributed by atoms with Crippen LogP contribution in [0, 0.1) is 6.92 Å². The molecule has 3 N–H and O–H groups in total. The van der Waals surface area contributed by atoms with Crippen molar-refractivity contribution >= 4 is 16.8 Å². The van der Waals surface area contributed by atoms with Crippen LogP contribution in [0.25, 0.3) is 10.9 Å². The summed E-state index contributed by atoms with van der Waals surface area (Å²) in [6, 6.07) is 16.2. The molecule has 5 heteroatoms. The van der Waals surface area contributed by atoms with E-state index in [1.54, 1.807) is 7.11 Å². The predicted molar refractivity (Wildman–Crippen MR) is 113 cm³/mol. The number of aryl methyl sites for hydroxylation is 1. The third-order valence-corrected chi connectivity index (χ3v) is 5.12. The van der Waals surface area contributed by atoms with Crippen LogP contribution in [0.5, 0.6) is 5.75 Å². The number of benzene rings is 2. The first-order valence-corrected chi connectivity index (χ1v) is 9.79. The molecule has 5 nitrogen and oxygen atoms in total. The van der Waals surface area contributed by atoms with Crippen molar-refractivity contribution < 1.29 is 9.53 Å². The molecule has 28 heavy (non-hydrogen) atoms. The molecule has 0 saturated carbocycles. The molecule has 0 bridgehead atoms. The SMILES string of the molecule is COc1ccc2[nH]c(C)c(CCN(Cc3ccccc3)C(=O)CCCN)c2c1. The Morgan fingerprint density at radius 1 is 1.18 bits per heavy atom. The van der Waals surface area contributed by atoms with Crippen LogP contribution in [-0.4, -0.2) is 36.0 Å². The number of methoxy groups -OCH3 is 1. The van der Waals surface area contributed by atoms with Crippen LogP contribution in [-0.2, 0) is 17.8 Å². The van der Waals surface area contributed by atoms with Crippen LogP contribution in [0.1, 0.15) is 29.7 Å². The van der Waals surface area contributed by atoms with Gasteiger partial charge in [0.1, 0.15) is 5.75 Å². The Balaban J connectivity index is 1.80. The van der Waals surface area contributed by atoms with Gasteiger partial charge in [0.25, 0.3) is 0 Å². The van der Waals surface area contributed by atoms with E-state index in [9.17, 15) is 4.79 Å². The standard InChI is InChI=1S/C23H29N3O2/c1-17-20(21-15-19(28-2)10-11-22(21)25-17)12-14-26(23(27)9-6-13-24)16-18-7-4-3-5-8-18/h3-5,7-8,10-11,15,25H,6,9,12-14,16,24H2,1-2H3. The maximum Gasteiger partial charge on any atom is 0.222 e. The Morgan fingerprint density at radius 2 is 1.96 bits per heavy atom. The van der Waals surface area contributed by atoms with E-state index >= 15 is 0 Å². The summed E-state index contributed by atoms with van der Waals surface area (Å²) in [7, 11) is 1.68. The maximum atomic E-state index is 12.8. The molecule has 0 radical (unpaired) electrons.